The van der Waals surface area contributed by atoms with Crippen LogP contribution < -0.4 is 4.74 Å². The highest BCUT2D eigenvalue weighted by Gasteiger charge is 2.42. The minimum absolute atomic E-state index is 0.0757. The molecule has 0 N–H and O–H groups in total. The first-order valence-electron chi connectivity index (χ1n) is 6.97. The number of methoxy groups -OCH3 is 1. The predicted molar refractivity (Wildman–Crippen MR) is 80.5 cm³/mol. The molecule has 1 aromatic rings. The van der Waals surface area contributed by atoms with E-state index in [1.807, 2.05) is 12.1 Å². The van der Waals surface area contributed by atoms with Gasteiger partial charge in [-0.3, -0.25) is 4.79 Å². The van der Waals surface area contributed by atoms with E-state index < -0.39 is 12.1 Å². The molecule has 0 fully saturated rings. The van der Waals surface area contributed by atoms with Gasteiger partial charge in [-0.1, -0.05) is 22.0 Å². The van der Waals surface area contributed by atoms with Crippen molar-refractivity contribution in [1.82, 2.24) is 4.90 Å². The topological polar surface area (TPSA) is 29.5 Å². The van der Waals surface area contributed by atoms with E-state index in [2.05, 4.69) is 15.9 Å². The van der Waals surface area contributed by atoms with Gasteiger partial charge in [0.25, 0.3) is 0 Å². The van der Waals surface area contributed by atoms with Gasteiger partial charge in [0.1, 0.15) is 5.75 Å². The Labute approximate surface area is 135 Å². The van der Waals surface area contributed by atoms with Gasteiger partial charge in [-0.2, -0.15) is 13.2 Å². The van der Waals surface area contributed by atoms with Crippen molar-refractivity contribution in [3.05, 3.63) is 28.8 Å². The molecule has 1 amide bonds. The van der Waals surface area contributed by atoms with E-state index >= 15 is 0 Å². The number of carbonyl (C=O) groups is 1. The summed E-state index contributed by atoms with van der Waals surface area (Å²) >= 11 is 3.38. The lowest BCUT2D eigenvalue weighted by molar-refractivity contribution is -0.185. The van der Waals surface area contributed by atoms with Crippen molar-refractivity contribution in [2.45, 2.75) is 25.4 Å². The van der Waals surface area contributed by atoms with Crippen LogP contribution in [0.2, 0.25) is 0 Å². The maximum atomic E-state index is 12.6. The monoisotopic (exact) mass is 379 g/mol. The molecule has 3 nitrogen and oxygen atoms in total. The smallest absolute Gasteiger partial charge is 0.471 e. The summed E-state index contributed by atoms with van der Waals surface area (Å²) in [5, 5.41) is 0.779. The maximum Gasteiger partial charge on any atom is 0.471 e. The molecule has 0 saturated heterocycles. The molecule has 0 unspecified atom stereocenters. The fourth-order valence-corrected chi connectivity index (χ4v) is 3.10. The first-order chi connectivity index (χ1) is 10.4. The highest BCUT2D eigenvalue weighted by Crippen LogP contribution is 2.28. The minimum Gasteiger partial charge on any atom is -0.496 e. The Balaban J connectivity index is 2.23. The van der Waals surface area contributed by atoms with Crippen LogP contribution in [0.1, 0.15) is 16.7 Å². The molecule has 7 heteroatoms. The summed E-state index contributed by atoms with van der Waals surface area (Å²) in [5.41, 5.74) is 2.97. The number of hydrogen-bond acceptors (Lipinski definition) is 2. The summed E-state index contributed by atoms with van der Waals surface area (Å²) in [6.07, 6.45) is -3.20. The molecule has 0 spiro atoms. The molecule has 2 rings (SSSR count). The third-order valence-corrected chi connectivity index (χ3v) is 4.19. The second-order valence-corrected chi connectivity index (χ2v) is 5.95. The molecule has 0 saturated carbocycles. The molecule has 0 radical (unpaired) electrons. The predicted octanol–water partition coefficient (Wildman–Crippen LogP) is 3.12. The molecule has 1 aliphatic rings. The van der Waals surface area contributed by atoms with Crippen LogP contribution in [0.3, 0.4) is 0 Å². The molecule has 1 aromatic carbocycles. The number of amides is 1. The van der Waals surface area contributed by atoms with Gasteiger partial charge in [0, 0.05) is 18.4 Å². The Bertz CT molecular complexity index is 560. The average molecular weight is 380 g/mol. The van der Waals surface area contributed by atoms with Crippen LogP contribution in [-0.2, 0) is 24.1 Å². The van der Waals surface area contributed by atoms with Gasteiger partial charge in [0.2, 0.25) is 0 Å². The molecule has 0 aromatic heterocycles. The number of ether oxygens (including phenoxy) is 1. The van der Waals surface area contributed by atoms with Crippen LogP contribution in [0.25, 0.3) is 0 Å². The number of halogens is 4. The van der Waals surface area contributed by atoms with Crippen LogP contribution in [0.5, 0.6) is 5.75 Å². The number of alkyl halides is 4. The van der Waals surface area contributed by atoms with Crippen molar-refractivity contribution >= 4 is 21.8 Å². The summed E-state index contributed by atoms with van der Waals surface area (Å²) in [7, 11) is 1.58. The maximum absolute atomic E-state index is 12.6. The van der Waals surface area contributed by atoms with Crippen molar-refractivity contribution < 1.29 is 22.7 Å². The molecule has 1 heterocycles. The summed E-state index contributed by atoms with van der Waals surface area (Å²) in [6.45, 7) is 0.164. The lowest BCUT2D eigenvalue weighted by Gasteiger charge is -2.21. The van der Waals surface area contributed by atoms with E-state index in [1.165, 1.54) is 0 Å². The van der Waals surface area contributed by atoms with Crippen LogP contribution in [0, 0.1) is 0 Å². The Kier molecular flexibility index (Phi) is 5.36. The average Bonchev–Trinajstić information content (AvgIpc) is 2.67. The van der Waals surface area contributed by atoms with Gasteiger partial charge in [0.05, 0.1) is 7.11 Å². The second-order valence-electron chi connectivity index (χ2n) is 5.16. The Hall–Kier alpha value is -1.24. The molecule has 0 aliphatic carbocycles. The quantitative estimate of drug-likeness (QED) is 0.755. The summed E-state index contributed by atoms with van der Waals surface area (Å²) in [4.78, 5) is 12.3. The number of benzene rings is 1. The van der Waals surface area contributed by atoms with Gasteiger partial charge in [0.15, 0.2) is 0 Å². The number of carbonyl (C=O) groups excluding carboxylic acids is 1. The van der Waals surface area contributed by atoms with Crippen LogP contribution in [0.4, 0.5) is 13.2 Å². The summed E-state index contributed by atoms with van der Waals surface area (Å²) < 4.78 is 43.0. The van der Waals surface area contributed by atoms with Crippen molar-refractivity contribution in [3.8, 4) is 5.75 Å². The van der Waals surface area contributed by atoms with Crippen molar-refractivity contribution in [2.24, 2.45) is 0 Å². The number of fused-ring (bicyclic) bond motifs is 1. The Morgan fingerprint density at radius 1 is 1.27 bits per heavy atom. The van der Waals surface area contributed by atoms with Gasteiger partial charge >= 0.3 is 12.1 Å². The second kappa shape index (κ2) is 6.89. The first kappa shape index (κ1) is 17.1. The van der Waals surface area contributed by atoms with Crippen molar-refractivity contribution in [3.63, 3.8) is 0 Å². The normalized spacial score (nSPS) is 15.2. The Morgan fingerprint density at radius 3 is 2.36 bits per heavy atom. The summed E-state index contributed by atoms with van der Waals surface area (Å²) in [5.74, 6) is -1.01. The van der Waals surface area contributed by atoms with Gasteiger partial charge < -0.3 is 9.64 Å². The van der Waals surface area contributed by atoms with Crippen molar-refractivity contribution in [1.29, 1.82) is 0 Å². The third-order valence-electron chi connectivity index (χ3n) is 3.80. The third kappa shape index (κ3) is 3.74. The van der Waals surface area contributed by atoms with E-state index in [0.717, 1.165) is 39.1 Å². The van der Waals surface area contributed by atoms with E-state index in [1.54, 1.807) is 7.11 Å². The molecule has 122 valence electrons. The first-order valence-corrected chi connectivity index (χ1v) is 8.09. The van der Waals surface area contributed by atoms with Crippen molar-refractivity contribution in [2.75, 3.05) is 25.5 Å². The van der Waals surface area contributed by atoms with Gasteiger partial charge in [-0.25, -0.2) is 0 Å². The lowest BCUT2D eigenvalue weighted by atomic mass is 9.98. The molecule has 22 heavy (non-hydrogen) atoms. The fourth-order valence-electron chi connectivity index (χ4n) is 2.68. The molecular formula is C15H17BrF3NO2. The molecule has 0 atom stereocenters. The molecule has 0 bridgehead atoms. The zero-order valence-corrected chi connectivity index (χ0v) is 13.8. The zero-order chi connectivity index (χ0) is 16.3. The highest BCUT2D eigenvalue weighted by molar-refractivity contribution is 9.09. The lowest BCUT2D eigenvalue weighted by Crippen LogP contribution is -2.42. The Morgan fingerprint density at radius 2 is 1.86 bits per heavy atom. The standard InChI is InChI=1S/C15H17BrF3NO2/c1-22-13-9-11-4-7-20(14(21)15(17,18)19)6-3-10(11)8-12(13)2-5-16/h8-9H,2-7H2,1H3. The SMILES string of the molecule is COc1cc2c(cc1CCBr)CCN(C(=O)C(F)(F)F)CC2. The van der Waals surface area contributed by atoms with E-state index in [0.29, 0.717) is 12.8 Å². The minimum atomic E-state index is -4.81. The van der Waals surface area contributed by atoms with Gasteiger partial charge in [-0.05, 0) is 42.0 Å². The fraction of sp³-hybridized carbons (Fsp3) is 0.533. The van der Waals surface area contributed by atoms with E-state index in [-0.39, 0.29) is 13.1 Å². The molecular weight excluding hydrogens is 363 g/mol. The number of aryl methyl sites for hydroxylation is 1. The van der Waals surface area contributed by atoms with Crippen LogP contribution in [-0.4, -0.2) is 42.5 Å². The summed E-state index contributed by atoms with van der Waals surface area (Å²) in [6, 6.07) is 3.87. The number of hydrogen-bond donors (Lipinski definition) is 0. The van der Waals surface area contributed by atoms with Crippen LogP contribution >= 0.6 is 15.9 Å². The van der Waals surface area contributed by atoms with Crippen LogP contribution in [0.15, 0.2) is 12.1 Å². The number of nitrogens with zero attached hydrogens (tertiary/aromatic N) is 1. The van der Waals surface area contributed by atoms with E-state index in [4.69, 9.17) is 4.74 Å². The highest BCUT2D eigenvalue weighted by atomic mass is 79.9. The van der Waals surface area contributed by atoms with E-state index in [9.17, 15) is 18.0 Å². The molecule has 1 aliphatic heterocycles. The number of rotatable bonds is 3. The zero-order valence-electron chi connectivity index (χ0n) is 12.2. The largest absolute Gasteiger partial charge is 0.496 e. The van der Waals surface area contributed by atoms with Gasteiger partial charge in [-0.15, -0.1) is 0 Å².